The fraction of sp³-hybridized carbons (Fsp3) is 0.0870. The van der Waals surface area contributed by atoms with Gasteiger partial charge in [-0.05, 0) is 37.3 Å². The molecule has 2 amide bonds. The standard InChI is InChI=1S/C23H17Cl2N3O3/c1-13-15(12-20(29)28-19-10-2-3-11-26-19)14-6-4-9-18(22(14)31-13)27-23(30)21-16(24)7-5-8-17(21)25/h2-11H,12H2,1H3,(H,27,30)(H,26,28,29). The van der Waals surface area contributed by atoms with E-state index in [9.17, 15) is 9.59 Å². The van der Waals surface area contributed by atoms with Gasteiger partial charge in [-0.1, -0.05) is 47.5 Å². The zero-order valence-corrected chi connectivity index (χ0v) is 17.9. The Morgan fingerprint density at radius 2 is 1.71 bits per heavy atom. The summed E-state index contributed by atoms with van der Waals surface area (Å²) < 4.78 is 5.90. The maximum absolute atomic E-state index is 12.8. The average Bonchev–Trinajstić information content (AvgIpc) is 3.05. The first-order valence-corrected chi connectivity index (χ1v) is 10.2. The van der Waals surface area contributed by atoms with E-state index in [-0.39, 0.29) is 27.9 Å². The first-order chi connectivity index (χ1) is 14.9. The van der Waals surface area contributed by atoms with Gasteiger partial charge in [0.2, 0.25) is 5.91 Å². The van der Waals surface area contributed by atoms with E-state index in [1.54, 1.807) is 61.7 Å². The number of furan rings is 1. The van der Waals surface area contributed by atoms with Crippen molar-refractivity contribution in [3.8, 4) is 0 Å². The monoisotopic (exact) mass is 453 g/mol. The highest BCUT2D eigenvalue weighted by atomic mass is 35.5. The molecule has 6 nitrogen and oxygen atoms in total. The number of hydrogen-bond donors (Lipinski definition) is 2. The van der Waals surface area contributed by atoms with E-state index >= 15 is 0 Å². The van der Waals surface area contributed by atoms with Gasteiger partial charge in [0.05, 0.1) is 27.7 Å². The van der Waals surface area contributed by atoms with Crippen molar-refractivity contribution in [1.29, 1.82) is 0 Å². The maximum Gasteiger partial charge on any atom is 0.258 e. The molecule has 0 aliphatic heterocycles. The minimum Gasteiger partial charge on any atom is -0.459 e. The molecule has 4 rings (SSSR count). The number of benzene rings is 2. The lowest BCUT2D eigenvalue weighted by atomic mass is 10.1. The summed E-state index contributed by atoms with van der Waals surface area (Å²) in [5, 5.41) is 6.80. The molecule has 0 fully saturated rings. The smallest absolute Gasteiger partial charge is 0.258 e. The molecule has 0 radical (unpaired) electrons. The molecule has 0 aliphatic carbocycles. The van der Waals surface area contributed by atoms with Crippen molar-refractivity contribution in [2.75, 3.05) is 10.6 Å². The van der Waals surface area contributed by atoms with Crippen molar-refractivity contribution >= 4 is 57.5 Å². The van der Waals surface area contributed by atoms with E-state index in [1.807, 2.05) is 6.07 Å². The Morgan fingerprint density at radius 1 is 0.968 bits per heavy atom. The van der Waals surface area contributed by atoms with E-state index in [0.717, 1.165) is 10.9 Å². The Hall–Kier alpha value is -3.35. The fourth-order valence-electron chi connectivity index (χ4n) is 3.29. The third-order valence-electron chi connectivity index (χ3n) is 4.73. The normalized spacial score (nSPS) is 10.8. The van der Waals surface area contributed by atoms with E-state index in [2.05, 4.69) is 15.6 Å². The Kier molecular flexibility index (Phi) is 5.93. The second-order valence-electron chi connectivity index (χ2n) is 6.81. The number of fused-ring (bicyclic) bond motifs is 1. The maximum atomic E-state index is 12.8. The van der Waals surface area contributed by atoms with Crippen molar-refractivity contribution in [1.82, 2.24) is 4.98 Å². The number of para-hydroxylation sites is 1. The van der Waals surface area contributed by atoms with Crippen molar-refractivity contribution in [2.24, 2.45) is 0 Å². The van der Waals surface area contributed by atoms with Crippen LogP contribution in [0.15, 0.2) is 65.2 Å². The Labute approximate surface area is 188 Å². The SMILES string of the molecule is Cc1oc2c(NC(=O)c3c(Cl)cccc3Cl)cccc2c1CC(=O)Nc1ccccn1. The number of anilines is 2. The predicted octanol–water partition coefficient (Wildman–Crippen LogP) is 5.88. The molecular weight excluding hydrogens is 437 g/mol. The molecule has 2 N–H and O–H groups in total. The molecule has 0 aliphatic rings. The molecule has 4 aromatic rings. The van der Waals surface area contributed by atoms with Crippen LogP contribution in [0.3, 0.4) is 0 Å². The minimum absolute atomic E-state index is 0.100. The molecule has 0 spiro atoms. The van der Waals surface area contributed by atoms with Crippen molar-refractivity contribution < 1.29 is 14.0 Å². The van der Waals surface area contributed by atoms with Gasteiger partial charge in [0.1, 0.15) is 11.6 Å². The summed E-state index contributed by atoms with van der Waals surface area (Å²) in [4.78, 5) is 29.4. The van der Waals surface area contributed by atoms with Gasteiger partial charge in [-0.15, -0.1) is 0 Å². The number of carbonyl (C=O) groups is 2. The van der Waals surface area contributed by atoms with Crippen LogP contribution in [0.25, 0.3) is 11.0 Å². The zero-order chi connectivity index (χ0) is 22.0. The molecule has 2 aromatic carbocycles. The summed E-state index contributed by atoms with van der Waals surface area (Å²) in [6, 6.07) is 15.5. The van der Waals surface area contributed by atoms with Crippen LogP contribution in [0.5, 0.6) is 0 Å². The molecule has 156 valence electrons. The molecule has 8 heteroatoms. The van der Waals surface area contributed by atoms with Gasteiger partial charge in [-0.25, -0.2) is 4.98 Å². The number of aryl methyl sites for hydroxylation is 1. The molecule has 0 unspecified atom stereocenters. The van der Waals surface area contributed by atoms with Gasteiger partial charge in [0, 0.05) is 17.1 Å². The summed E-state index contributed by atoms with van der Waals surface area (Å²) in [6.07, 6.45) is 1.71. The Morgan fingerprint density at radius 3 is 2.42 bits per heavy atom. The van der Waals surface area contributed by atoms with Crippen LogP contribution in [0.2, 0.25) is 10.0 Å². The number of nitrogens with zero attached hydrogens (tertiary/aromatic N) is 1. The van der Waals surface area contributed by atoms with Gasteiger partial charge >= 0.3 is 0 Å². The summed E-state index contributed by atoms with van der Waals surface area (Å²) in [5.41, 5.74) is 1.84. The van der Waals surface area contributed by atoms with Gasteiger partial charge < -0.3 is 15.1 Å². The minimum atomic E-state index is -0.452. The van der Waals surface area contributed by atoms with E-state index in [4.69, 9.17) is 27.6 Å². The van der Waals surface area contributed by atoms with Crippen LogP contribution in [-0.4, -0.2) is 16.8 Å². The summed E-state index contributed by atoms with van der Waals surface area (Å²) in [7, 11) is 0. The first kappa shape index (κ1) is 20.9. The number of carbonyl (C=O) groups excluding carboxylic acids is 2. The third-order valence-corrected chi connectivity index (χ3v) is 5.36. The lowest BCUT2D eigenvalue weighted by molar-refractivity contribution is -0.115. The molecule has 0 atom stereocenters. The highest BCUT2D eigenvalue weighted by molar-refractivity contribution is 6.40. The van der Waals surface area contributed by atoms with Gasteiger partial charge in [-0.3, -0.25) is 9.59 Å². The highest BCUT2D eigenvalue weighted by Crippen LogP contribution is 2.33. The number of halogens is 2. The molecule has 2 heterocycles. The van der Waals surface area contributed by atoms with Crippen molar-refractivity contribution in [3.05, 3.63) is 87.7 Å². The van der Waals surface area contributed by atoms with E-state index < -0.39 is 5.91 Å². The number of amides is 2. The fourth-order valence-corrected chi connectivity index (χ4v) is 3.86. The second kappa shape index (κ2) is 8.79. The second-order valence-corrected chi connectivity index (χ2v) is 7.62. The van der Waals surface area contributed by atoms with Gasteiger partial charge in [-0.2, -0.15) is 0 Å². The highest BCUT2D eigenvalue weighted by Gasteiger charge is 2.20. The Bertz CT molecular complexity index is 1270. The topological polar surface area (TPSA) is 84.2 Å². The number of pyridine rings is 1. The van der Waals surface area contributed by atoms with Gasteiger partial charge in [0.15, 0.2) is 5.58 Å². The van der Waals surface area contributed by atoms with Crippen molar-refractivity contribution in [3.63, 3.8) is 0 Å². The number of hydrogen-bond acceptors (Lipinski definition) is 4. The van der Waals surface area contributed by atoms with Crippen LogP contribution in [0, 0.1) is 6.92 Å². The summed E-state index contributed by atoms with van der Waals surface area (Å²) >= 11 is 12.3. The van der Waals surface area contributed by atoms with E-state index in [1.165, 1.54) is 0 Å². The van der Waals surface area contributed by atoms with Crippen LogP contribution in [-0.2, 0) is 11.2 Å². The third kappa shape index (κ3) is 4.40. The molecular formula is C23H17Cl2N3O3. The van der Waals surface area contributed by atoms with Gasteiger partial charge in [0.25, 0.3) is 5.91 Å². The van der Waals surface area contributed by atoms with Crippen molar-refractivity contribution in [2.45, 2.75) is 13.3 Å². The van der Waals surface area contributed by atoms with Crippen LogP contribution < -0.4 is 10.6 Å². The molecule has 0 saturated heterocycles. The first-order valence-electron chi connectivity index (χ1n) is 9.41. The number of nitrogens with one attached hydrogen (secondary N) is 2. The largest absolute Gasteiger partial charge is 0.459 e. The molecule has 31 heavy (non-hydrogen) atoms. The Balaban J connectivity index is 1.61. The predicted molar refractivity (Wildman–Crippen MR) is 122 cm³/mol. The van der Waals surface area contributed by atoms with Crippen LogP contribution in [0.1, 0.15) is 21.7 Å². The molecule has 2 aromatic heterocycles. The zero-order valence-electron chi connectivity index (χ0n) is 16.4. The molecule has 0 saturated carbocycles. The quantitative estimate of drug-likeness (QED) is 0.395. The van der Waals surface area contributed by atoms with Crippen LogP contribution >= 0.6 is 23.2 Å². The lowest BCUT2D eigenvalue weighted by Gasteiger charge is -2.09. The summed E-state index contributed by atoms with van der Waals surface area (Å²) in [5.74, 6) is 0.388. The van der Waals surface area contributed by atoms with E-state index in [0.29, 0.717) is 22.8 Å². The summed E-state index contributed by atoms with van der Waals surface area (Å²) in [6.45, 7) is 1.78. The number of aromatic nitrogens is 1. The number of rotatable bonds is 5. The lowest BCUT2D eigenvalue weighted by Crippen LogP contribution is -2.15. The average molecular weight is 454 g/mol. The molecule has 0 bridgehead atoms. The van der Waals surface area contributed by atoms with Crippen LogP contribution in [0.4, 0.5) is 11.5 Å².